The summed E-state index contributed by atoms with van der Waals surface area (Å²) in [5, 5.41) is 3.00. The van der Waals surface area contributed by atoms with Crippen molar-refractivity contribution >= 4 is 34.6 Å². The number of carbonyl (C=O) groups excluding carboxylic acids is 2. The first kappa shape index (κ1) is 20.0. The normalized spacial score (nSPS) is 14.0. The van der Waals surface area contributed by atoms with Gasteiger partial charge in [0.15, 0.2) is 0 Å². The van der Waals surface area contributed by atoms with Crippen LogP contribution < -0.4 is 5.32 Å². The van der Waals surface area contributed by atoms with E-state index in [0.29, 0.717) is 16.5 Å². The third-order valence-electron chi connectivity index (χ3n) is 3.88. The van der Waals surface area contributed by atoms with Gasteiger partial charge in [0.2, 0.25) is 0 Å². The van der Waals surface area contributed by atoms with E-state index in [0.717, 1.165) is 0 Å². The van der Waals surface area contributed by atoms with Gasteiger partial charge in [-0.3, -0.25) is 0 Å². The van der Waals surface area contributed by atoms with Gasteiger partial charge in [0, 0.05) is 17.5 Å². The van der Waals surface area contributed by atoms with E-state index in [1.807, 2.05) is 0 Å². The molecule has 2 unspecified atom stereocenters. The zero-order chi connectivity index (χ0) is 19.6. The second-order valence-corrected chi connectivity index (χ2v) is 7.34. The van der Waals surface area contributed by atoms with Crippen LogP contribution in [0.25, 0.3) is 10.9 Å². The molecule has 0 radical (unpaired) electrons. The van der Waals surface area contributed by atoms with Gasteiger partial charge in [0.05, 0.1) is 17.6 Å². The molecule has 1 aromatic carbocycles. The van der Waals surface area contributed by atoms with Gasteiger partial charge in [-0.25, -0.2) is 14.0 Å². The number of halogens is 2. The number of amides is 1. The Bertz CT molecular complexity index is 828. The Labute approximate surface area is 156 Å². The number of fused-ring (bicyclic) bond motifs is 1. The lowest BCUT2D eigenvalue weighted by atomic mass is 9.91. The molecular formula is C18H22ClFN2O4. The van der Waals surface area contributed by atoms with Gasteiger partial charge in [-0.15, -0.1) is 0 Å². The number of hydrogen-bond acceptors (Lipinski definition) is 4. The maximum absolute atomic E-state index is 14.2. The van der Waals surface area contributed by atoms with Crippen molar-refractivity contribution in [2.45, 2.75) is 45.3 Å². The summed E-state index contributed by atoms with van der Waals surface area (Å²) in [4.78, 5) is 27.3. The fourth-order valence-corrected chi connectivity index (χ4v) is 2.89. The van der Waals surface area contributed by atoms with Gasteiger partial charge >= 0.3 is 12.1 Å². The van der Waals surface area contributed by atoms with Crippen molar-refractivity contribution < 1.29 is 23.5 Å². The molecule has 8 heteroatoms. The summed E-state index contributed by atoms with van der Waals surface area (Å²) in [5.74, 6) is -1.89. The Morgan fingerprint density at radius 1 is 1.35 bits per heavy atom. The molecule has 0 aliphatic carbocycles. The lowest BCUT2D eigenvalue weighted by molar-refractivity contribution is -0.143. The minimum Gasteiger partial charge on any atom is -0.467 e. The molecule has 0 saturated carbocycles. The first-order valence-corrected chi connectivity index (χ1v) is 8.45. The van der Waals surface area contributed by atoms with Crippen LogP contribution in [0.3, 0.4) is 0 Å². The van der Waals surface area contributed by atoms with Gasteiger partial charge in [-0.2, -0.15) is 0 Å². The summed E-state index contributed by atoms with van der Waals surface area (Å²) in [5.41, 5.74) is 0.342. The van der Waals surface area contributed by atoms with E-state index in [2.05, 4.69) is 10.3 Å². The molecule has 0 bridgehead atoms. The Balaban J connectivity index is 2.40. The Hall–Kier alpha value is -2.28. The number of alkyl carbamates (subject to hydrolysis) is 1. The first-order valence-electron chi connectivity index (χ1n) is 8.07. The molecule has 2 atom stereocenters. The van der Waals surface area contributed by atoms with Crippen LogP contribution in [0, 0.1) is 5.82 Å². The summed E-state index contributed by atoms with van der Waals surface area (Å²) in [6, 6.07) is 1.83. The second kappa shape index (κ2) is 7.53. The molecular weight excluding hydrogens is 363 g/mol. The lowest BCUT2D eigenvalue weighted by Crippen LogP contribution is -2.46. The van der Waals surface area contributed by atoms with E-state index < -0.39 is 35.4 Å². The van der Waals surface area contributed by atoms with Crippen LogP contribution in [0.2, 0.25) is 5.02 Å². The van der Waals surface area contributed by atoms with E-state index in [-0.39, 0.29) is 5.02 Å². The highest BCUT2D eigenvalue weighted by atomic mass is 35.5. The molecule has 2 aromatic rings. The van der Waals surface area contributed by atoms with Crippen molar-refractivity contribution in [2.75, 3.05) is 7.11 Å². The average Bonchev–Trinajstić information content (AvgIpc) is 3.03. The monoisotopic (exact) mass is 384 g/mol. The summed E-state index contributed by atoms with van der Waals surface area (Å²) in [6.45, 7) is 6.81. The molecule has 26 heavy (non-hydrogen) atoms. The maximum atomic E-state index is 14.2. The number of ether oxygens (including phenoxy) is 2. The molecule has 1 amide bonds. The number of carbonyl (C=O) groups is 2. The van der Waals surface area contributed by atoms with Crippen LogP contribution in [0.5, 0.6) is 0 Å². The quantitative estimate of drug-likeness (QED) is 0.776. The number of esters is 1. The van der Waals surface area contributed by atoms with Gasteiger partial charge in [-0.1, -0.05) is 18.5 Å². The van der Waals surface area contributed by atoms with Gasteiger partial charge in [0.25, 0.3) is 0 Å². The molecule has 0 aliphatic rings. The van der Waals surface area contributed by atoms with E-state index in [4.69, 9.17) is 21.1 Å². The number of aromatic nitrogens is 1. The molecule has 0 aliphatic heterocycles. The largest absolute Gasteiger partial charge is 0.467 e. The third-order valence-corrected chi connectivity index (χ3v) is 4.27. The number of rotatable bonds is 4. The Morgan fingerprint density at radius 2 is 2.00 bits per heavy atom. The number of H-pyrrole nitrogens is 1. The van der Waals surface area contributed by atoms with Crippen molar-refractivity contribution in [3.05, 3.63) is 34.7 Å². The highest BCUT2D eigenvalue weighted by Crippen LogP contribution is 2.34. The highest BCUT2D eigenvalue weighted by molar-refractivity contribution is 6.35. The summed E-state index contributed by atoms with van der Waals surface area (Å²) in [6.07, 6.45) is 0.859. The summed E-state index contributed by atoms with van der Waals surface area (Å²) >= 11 is 5.99. The first-order chi connectivity index (χ1) is 12.0. The zero-order valence-corrected chi connectivity index (χ0v) is 16.0. The lowest BCUT2D eigenvalue weighted by Gasteiger charge is -2.26. The maximum Gasteiger partial charge on any atom is 0.408 e. The molecule has 2 N–H and O–H groups in total. The van der Waals surface area contributed by atoms with Gasteiger partial charge in [0.1, 0.15) is 17.5 Å². The van der Waals surface area contributed by atoms with Crippen LogP contribution in [-0.2, 0) is 14.3 Å². The number of hydrogen-bond donors (Lipinski definition) is 2. The average molecular weight is 385 g/mol. The standard InChI is InChI=1S/C18H22ClFN2O4/c1-9(11-8-12(20)13(19)10-6-7-21-15(10)11)14(16(23)25-5)22-17(24)26-18(2,3)4/h6-9,14,21H,1-5H3,(H,22,24). The van der Waals surface area contributed by atoms with Crippen LogP contribution >= 0.6 is 11.6 Å². The van der Waals surface area contributed by atoms with Crippen molar-refractivity contribution in [1.82, 2.24) is 10.3 Å². The van der Waals surface area contributed by atoms with Crippen LogP contribution in [0.1, 0.15) is 39.2 Å². The van der Waals surface area contributed by atoms with Gasteiger partial charge in [-0.05, 0) is 38.5 Å². The molecule has 0 saturated heterocycles. The van der Waals surface area contributed by atoms with Crippen molar-refractivity contribution in [3.63, 3.8) is 0 Å². The Morgan fingerprint density at radius 3 is 2.58 bits per heavy atom. The van der Waals surface area contributed by atoms with E-state index in [1.165, 1.54) is 13.2 Å². The second-order valence-electron chi connectivity index (χ2n) is 6.96. The number of benzene rings is 1. The minimum atomic E-state index is -1.07. The topological polar surface area (TPSA) is 80.4 Å². The van der Waals surface area contributed by atoms with Crippen molar-refractivity contribution in [2.24, 2.45) is 0 Å². The predicted octanol–water partition coefficient (Wildman–Crippen LogP) is 4.13. The molecule has 2 rings (SSSR count). The molecule has 0 fully saturated rings. The predicted molar refractivity (Wildman–Crippen MR) is 96.9 cm³/mol. The summed E-state index contributed by atoms with van der Waals surface area (Å²) < 4.78 is 24.2. The fourth-order valence-electron chi connectivity index (χ4n) is 2.68. The van der Waals surface area contributed by atoms with Crippen molar-refractivity contribution in [1.29, 1.82) is 0 Å². The molecule has 1 heterocycles. The number of nitrogens with one attached hydrogen (secondary N) is 2. The van der Waals surface area contributed by atoms with E-state index >= 15 is 0 Å². The van der Waals surface area contributed by atoms with Crippen molar-refractivity contribution in [3.8, 4) is 0 Å². The molecule has 6 nitrogen and oxygen atoms in total. The molecule has 142 valence electrons. The van der Waals surface area contributed by atoms with Crippen LogP contribution in [-0.4, -0.2) is 35.8 Å². The van der Waals surface area contributed by atoms with E-state index in [1.54, 1.807) is 40.0 Å². The number of methoxy groups -OCH3 is 1. The molecule has 1 aromatic heterocycles. The fraction of sp³-hybridized carbons (Fsp3) is 0.444. The number of aromatic amines is 1. The SMILES string of the molecule is COC(=O)C(NC(=O)OC(C)(C)C)C(C)c1cc(F)c(Cl)c2cc[nH]c12. The summed E-state index contributed by atoms with van der Waals surface area (Å²) in [7, 11) is 1.21. The highest BCUT2D eigenvalue weighted by Gasteiger charge is 2.32. The van der Waals surface area contributed by atoms with Crippen LogP contribution in [0.4, 0.5) is 9.18 Å². The van der Waals surface area contributed by atoms with Crippen LogP contribution in [0.15, 0.2) is 18.3 Å². The molecule has 0 spiro atoms. The minimum absolute atomic E-state index is 0.00748. The van der Waals surface area contributed by atoms with E-state index in [9.17, 15) is 14.0 Å². The third kappa shape index (κ3) is 4.27. The smallest absolute Gasteiger partial charge is 0.408 e. The zero-order valence-electron chi connectivity index (χ0n) is 15.3. The Kier molecular flexibility index (Phi) is 5.81. The van der Waals surface area contributed by atoms with Gasteiger partial charge < -0.3 is 19.8 Å².